The van der Waals surface area contributed by atoms with Crippen molar-refractivity contribution in [3.05, 3.63) is 136 Å². The first-order chi connectivity index (χ1) is 16.2. The second kappa shape index (κ2) is 9.54. The van der Waals surface area contributed by atoms with Gasteiger partial charge < -0.3 is 4.90 Å². The van der Waals surface area contributed by atoms with Crippen molar-refractivity contribution in [2.45, 2.75) is 0 Å². The number of hydrogen-bond acceptors (Lipinski definition) is 1. The molecule has 0 heterocycles. The first-order valence-corrected chi connectivity index (χ1v) is 11.5. The van der Waals surface area contributed by atoms with Crippen molar-refractivity contribution < 1.29 is 0 Å². The van der Waals surface area contributed by atoms with Gasteiger partial charge >= 0.3 is 0 Å². The summed E-state index contributed by atoms with van der Waals surface area (Å²) in [7, 11) is 0. The van der Waals surface area contributed by atoms with Crippen LogP contribution in [0.15, 0.2) is 115 Å². The van der Waals surface area contributed by atoms with Gasteiger partial charge in [-0.3, -0.25) is 0 Å². The van der Waals surface area contributed by atoms with E-state index in [9.17, 15) is 0 Å². The minimum absolute atomic E-state index is 0.669. The van der Waals surface area contributed by atoms with Gasteiger partial charge in [-0.25, -0.2) is 0 Å². The Morgan fingerprint density at radius 1 is 0.576 bits per heavy atom. The second-order valence-corrected chi connectivity index (χ2v) is 8.60. The summed E-state index contributed by atoms with van der Waals surface area (Å²) in [5.41, 5.74) is 5.34. The summed E-state index contributed by atoms with van der Waals surface area (Å²) in [6.07, 6.45) is 4.04. The Bertz CT molecular complexity index is 1420. The van der Waals surface area contributed by atoms with Crippen LogP contribution in [-0.2, 0) is 0 Å². The average molecular weight is 466 g/mol. The minimum atomic E-state index is 0.669. The van der Waals surface area contributed by atoms with Gasteiger partial charge in [-0.2, -0.15) is 0 Å². The smallest absolute Gasteiger partial charge is 0.0540 e. The van der Waals surface area contributed by atoms with Gasteiger partial charge in [0.15, 0.2) is 0 Å². The molecule has 33 heavy (non-hydrogen) atoms. The number of hydrogen-bond donors (Lipinski definition) is 0. The van der Waals surface area contributed by atoms with E-state index in [0.717, 1.165) is 28.2 Å². The summed E-state index contributed by atoms with van der Waals surface area (Å²) in [5, 5.41) is 3.78. The van der Waals surface area contributed by atoms with Gasteiger partial charge in [0.25, 0.3) is 0 Å². The van der Waals surface area contributed by atoms with E-state index < -0.39 is 0 Å². The quantitative estimate of drug-likeness (QED) is 0.233. The molecule has 5 aromatic carbocycles. The Labute approximate surface area is 204 Å². The van der Waals surface area contributed by atoms with Crippen LogP contribution in [0.2, 0.25) is 10.0 Å². The van der Waals surface area contributed by atoms with Crippen molar-refractivity contribution in [2.24, 2.45) is 0 Å². The van der Waals surface area contributed by atoms with Crippen molar-refractivity contribution >= 4 is 63.2 Å². The number of benzene rings is 5. The number of fused-ring (bicyclic) bond motifs is 1. The minimum Gasteiger partial charge on any atom is -0.310 e. The molecule has 0 saturated carbocycles. The molecule has 0 spiro atoms. The molecule has 0 unspecified atom stereocenters. The van der Waals surface area contributed by atoms with Crippen LogP contribution < -0.4 is 4.90 Å². The maximum atomic E-state index is 6.30. The van der Waals surface area contributed by atoms with Crippen LogP contribution in [0.25, 0.3) is 22.9 Å². The number of halogens is 2. The Balaban J connectivity index is 1.54. The Morgan fingerprint density at radius 3 is 2.09 bits per heavy atom. The lowest BCUT2D eigenvalue weighted by molar-refractivity contribution is 1.30. The van der Waals surface area contributed by atoms with Gasteiger partial charge in [-0.15, -0.1) is 0 Å². The molecule has 0 fully saturated rings. The molecule has 0 N–H and O–H groups in total. The fourth-order valence-electron chi connectivity index (χ4n) is 3.97. The highest BCUT2D eigenvalue weighted by Crippen LogP contribution is 2.38. The SMILES string of the molecule is Clc1ccc(Cl)c(/C=C/c2ccc(N(c3ccccc3)c3cccc4ccccc34)cc2)c1. The zero-order valence-electron chi connectivity index (χ0n) is 17.8. The first-order valence-electron chi connectivity index (χ1n) is 10.8. The summed E-state index contributed by atoms with van der Waals surface area (Å²) in [4.78, 5) is 2.30. The van der Waals surface area contributed by atoms with Crippen molar-refractivity contribution in [3.8, 4) is 0 Å². The van der Waals surface area contributed by atoms with Gasteiger partial charge in [0.2, 0.25) is 0 Å². The van der Waals surface area contributed by atoms with Crippen LogP contribution in [0, 0.1) is 0 Å². The molecule has 0 aromatic heterocycles. The van der Waals surface area contributed by atoms with Crippen molar-refractivity contribution in [1.82, 2.24) is 0 Å². The standard InChI is InChI=1S/C30H21Cl2N/c31-25-17-20-29(32)24(21-25)16-13-22-14-18-27(19-15-22)33(26-9-2-1-3-10-26)30-12-6-8-23-7-4-5-11-28(23)30/h1-21H/b16-13+. The lowest BCUT2D eigenvalue weighted by Gasteiger charge is -2.27. The van der Waals surface area contributed by atoms with Gasteiger partial charge in [0.05, 0.1) is 5.69 Å². The van der Waals surface area contributed by atoms with Crippen LogP contribution in [-0.4, -0.2) is 0 Å². The molecule has 5 rings (SSSR count). The van der Waals surface area contributed by atoms with E-state index in [1.54, 1.807) is 6.07 Å². The normalized spacial score (nSPS) is 11.2. The molecular weight excluding hydrogens is 445 g/mol. The molecular formula is C30H21Cl2N. The van der Waals surface area contributed by atoms with Crippen LogP contribution >= 0.6 is 23.2 Å². The van der Waals surface area contributed by atoms with Crippen molar-refractivity contribution in [3.63, 3.8) is 0 Å². The third kappa shape index (κ3) is 4.66. The summed E-state index contributed by atoms with van der Waals surface area (Å²) < 4.78 is 0. The molecule has 0 aliphatic rings. The number of anilines is 3. The van der Waals surface area contributed by atoms with Gasteiger partial charge in [0, 0.05) is 26.8 Å². The molecule has 0 atom stereocenters. The topological polar surface area (TPSA) is 3.24 Å². The molecule has 5 aromatic rings. The first kappa shape index (κ1) is 21.3. The molecule has 0 saturated heterocycles. The molecule has 0 amide bonds. The third-order valence-electron chi connectivity index (χ3n) is 5.59. The van der Waals surface area contributed by atoms with Gasteiger partial charge in [-0.05, 0) is 65.0 Å². The monoisotopic (exact) mass is 465 g/mol. The van der Waals surface area contributed by atoms with Gasteiger partial charge in [-0.1, -0.05) is 102 Å². The maximum absolute atomic E-state index is 6.30. The molecule has 0 bridgehead atoms. The maximum Gasteiger partial charge on any atom is 0.0540 e. The summed E-state index contributed by atoms with van der Waals surface area (Å²) >= 11 is 12.4. The summed E-state index contributed by atoms with van der Waals surface area (Å²) in [5.74, 6) is 0. The molecule has 3 heteroatoms. The molecule has 0 radical (unpaired) electrons. The third-order valence-corrected chi connectivity index (χ3v) is 6.17. The highest BCUT2D eigenvalue weighted by molar-refractivity contribution is 6.34. The van der Waals surface area contributed by atoms with E-state index in [-0.39, 0.29) is 0 Å². The van der Waals surface area contributed by atoms with Crippen molar-refractivity contribution in [1.29, 1.82) is 0 Å². The molecule has 0 aliphatic carbocycles. The summed E-state index contributed by atoms with van der Waals surface area (Å²) in [6, 6.07) is 39.4. The predicted octanol–water partition coefficient (Wildman–Crippen LogP) is 9.79. The largest absolute Gasteiger partial charge is 0.310 e. The summed E-state index contributed by atoms with van der Waals surface area (Å²) in [6.45, 7) is 0. The lowest BCUT2D eigenvalue weighted by Crippen LogP contribution is -2.10. The second-order valence-electron chi connectivity index (χ2n) is 7.76. The van der Waals surface area contributed by atoms with E-state index in [1.807, 2.05) is 30.4 Å². The zero-order valence-corrected chi connectivity index (χ0v) is 19.3. The van der Waals surface area contributed by atoms with E-state index in [1.165, 1.54) is 10.8 Å². The molecule has 1 nitrogen and oxygen atoms in total. The van der Waals surface area contributed by atoms with E-state index in [2.05, 4.69) is 95.9 Å². The van der Waals surface area contributed by atoms with Crippen LogP contribution in [0.1, 0.15) is 11.1 Å². The Hall–Kier alpha value is -3.52. The number of para-hydroxylation sites is 1. The number of nitrogens with zero attached hydrogens (tertiary/aromatic N) is 1. The van der Waals surface area contributed by atoms with E-state index >= 15 is 0 Å². The van der Waals surface area contributed by atoms with E-state index in [4.69, 9.17) is 23.2 Å². The van der Waals surface area contributed by atoms with E-state index in [0.29, 0.717) is 10.0 Å². The van der Waals surface area contributed by atoms with Gasteiger partial charge in [0.1, 0.15) is 0 Å². The highest BCUT2D eigenvalue weighted by Gasteiger charge is 2.14. The lowest BCUT2D eigenvalue weighted by atomic mass is 10.1. The Morgan fingerprint density at radius 2 is 1.27 bits per heavy atom. The average Bonchev–Trinajstić information content (AvgIpc) is 2.86. The number of rotatable bonds is 5. The van der Waals surface area contributed by atoms with Crippen molar-refractivity contribution in [2.75, 3.05) is 4.90 Å². The molecule has 160 valence electrons. The van der Waals surface area contributed by atoms with Crippen LogP contribution in [0.3, 0.4) is 0 Å². The van der Waals surface area contributed by atoms with Crippen LogP contribution in [0.4, 0.5) is 17.1 Å². The predicted molar refractivity (Wildman–Crippen MR) is 144 cm³/mol. The fraction of sp³-hybridized carbons (Fsp3) is 0. The highest BCUT2D eigenvalue weighted by atomic mass is 35.5. The zero-order chi connectivity index (χ0) is 22.6. The fourth-order valence-corrected chi connectivity index (χ4v) is 4.33. The van der Waals surface area contributed by atoms with Crippen LogP contribution in [0.5, 0.6) is 0 Å². The molecule has 0 aliphatic heterocycles. The Kier molecular flexibility index (Phi) is 6.17.